The number of rotatable bonds is 4. The molecule has 0 amide bonds. The van der Waals surface area contributed by atoms with Gasteiger partial charge in [0.05, 0.1) is 37.2 Å². The van der Waals surface area contributed by atoms with E-state index >= 15 is 0 Å². The molecule has 1 fully saturated rings. The number of ether oxygens (including phenoxy) is 1. The summed E-state index contributed by atoms with van der Waals surface area (Å²) in [6.45, 7) is 5.34. The van der Waals surface area contributed by atoms with Crippen LogP contribution in [-0.2, 0) is 30.2 Å². The maximum atomic E-state index is 5.68. The number of nitrogens with zero attached hydrogens (tertiary/aromatic N) is 5. The van der Waals surface area contributed by atoms with Gasteiger partial charge < -0.3 is 14.2 Å². The summed E-state index contributed by atoms with van der Waals surface area (Å²) in [4.78, 5) is 16.2. The van der Waals surface area contributed by atoms with Gasteiger partial charge in [-0.1, -0.05) is 42.0 Å². The van der Waals surface area contributed by atoms with Crippen molar-refractivity contribution in [3.63, 3.8) is 0 Å². The molecule has 4 heterocycles. The number of aromatic nitrogens is 4. The van der Waals surface area contributed by atoms with E-state index in [1.165, 1.54) is 27.9 Å². The highest BCUT2D eigenvalue weighted by Gasteiger charge is 2.42. The van der Waals surface area contributed by atoms with Gasteiger partial charge in [-0.15, -0.1) is 0 Å². The van der Waals surface area contributed by atoms with Gasteiger partial charge >= 0.3 is 0 Å². The first kappa shape index (κ1) is 20.1. The van der Waals surface area contributed by atoms with Crippen LogP contribution in [0.1, 0.15) is 27.9 Å². The molecule has 2 aliphatic rings. The first-order chi connectivity index (χ1) is 16.1. The molecule has 0 N–H and O–H groups in total. The number of hydrogen-bond donors (Lipinski definition) is 0. The van der Waals surface area contributed by atoms with Crippen molar-refractivity contribution in [3.05, 3.63) is 95.2 Å². The number of fused-ring (bicyclic) bond motifs is 1. The Morgan fingerprint density at radius 2 is 1.67 bits per heavy atom. The number of anilines is 1. The van der Waals surface area contributed by atoms with Crippen LogP contribution >= 0.6 is 0 Å². The average Bonchev–Trinajstić information content (AvgIpc) is 3.26. The van der Waals surface area contributed by atoms with Crippen molar-refractivity contribution < 1.29 is 4.74 Å². The molecular weight excluding hydrogens is 410 g/mol. The Morgan fingerprint density at radius 1 is 0.939 bits per heavy atom. The molecule has 2 aromatic heterocycles. The zero-order chi connectivity index (χ0) is 22.4. The molecule has 0 radical (unpaired) electrons. The number of aryl methyl sites for hydroxylation is 2. The lowest BCUT2D eigenvalue weighted by Gasteiger charge is -2.43. The lowest BCUT2D eigenvalue weighted by atomic mass is 9.73. The van der Waals surface area contributed by atoms with Gasteiger partial charge in [-0.25, -0.2) is 15.0 Å². The third-order valence-electron chi connectivity index (χ3n) is 6.97. The van der Waals surface area contributed by atoms with Crippen LogP contribution in [0.25, 0.3) is 11.5 Å². The lowest BCUT2D eigenvalue weighted by Crippen LogP contribution is -2.47. The van der Waals surface area contributed by atoms with Crippen LogP contribution in [-0.4, -0.2) is 39.3 Å². The lowest BCUT2D eigenvalue weighted by molar-refractivity contribution is -0.0379. The van der Waals surface area contributed by atoms with Gasteiger partial charge in [-0.3, -0.25) is 0 Å². The second-order valence-corrected chi connectivity index (χ2v) is 9.25. The van der Waals surface area contributed by atoms with Crippen LogP contribution in [0.2, 0.25) is 0 Å². The fourth-order valence-corrected chi connectivity index (χ4v) is 4.85. The third kappa shape index (κ3) is 3.51. The molecular formula is C27H27N5O. The molecule has 2 aliphatic heterocycles. The smallest absolute Gasteiger partial charge is 0.180 e. The van der Waals surface area contributed by atoms with E-state index in [1.54, 1.807) is 6.33 Å². The maximum absolute atomic E-state index is 5.68. The van der Waals surface area contributed by atoms with Crippen molar-refractivity contribution in [2.75, 3.05) is 24.7 Å². The van der Waals surface area contributed by atoms with Crippen molar-refractivity contribution in [3.8, 4) is 11.5 Å². The fraction of sp³-hybridized carbons (Fsp3) is 0.296. The zero-order valence-corrected chi connectivity index (χ0v) is 19.0. The highest BCUT2D eigenvalue weighted by molar-refractivity contribution is 5.54. The Balaban J connectivity index is 1.25. The second-order valence-electron chi connectivity index (χ2n) is 9.25. The Morgan fingerprint density at radius 3 is 2.30 bits per heavy atom. The molecule has 2 aromatic carbocycles. The second kappa shape index (κ2) is 7.81. The fourth-order valence-electron chi connectivity index (χ4n) is 4.85. The molecule has 166 valence electrons. The van der Waals surface area contributed by atoms with E-state index in [9.17, 15) is 0 Å². The summed E-state index contributed by atoms with van der Waals surface area (Å²) < 4.78 is 7.60. The Bertz CT molecular complexity index is 1290. The Hall–Kier alpha value is -3.51. The highest BCUT2D eigenvalue weighted by Crippen LogP contribution is 2.40. The number of hydrogen-bond acceptors (Lipinski definition) is 5. The van der Waals surface area contributed by atoms with Crippen LogP contribution in [0.5, 0.6) is 0 Å². The van der Waals surface area contributed by atoms with E-state index in [-0.39, 0.29) is 5.41 Å². The molecule has 0 aliphatic carbocycles. The predicted molar refractivity (Wildman–Crippen MR) is 128 cm³/mol. The largest absolute Gasteiger partial charge is 0.379 e. The summed E-state index contributed by atoms with van der Waals surface area (Å²) in [7, 11) is 1.96. The Labute approximate surface area is 193 Å². The van der Waals surface area contributed by atoms with Gasteiger partial charge in [0.2, 0.25) is 0 Å². The minimum Gasteiger partial charge on any atom is -0.379 e. The Kier molecular flexibility index (Phi) is 4.76. The van der Waals surface area contributed by atoms with Crippen LogP contribution in [0.4, 0.5) is 5.69 Å². The van der Waals surface area contributed by atoms with E-state index in [0.29, 0.717) is 5.82 Å². The summed E-state index contributed by atoms with van der Waals surface area (Å²) in [5.74, 6) is 0.691. The van der Waals surface area contributed by atoms with Crippen molar-refractivity contribution in [1.82, 2.24) is 19.5 Å². The van der Waals surface area contributed by atoms with Crippen LogP contribution in [0.3, 0.4) is 0 Å². The summed E-state index contributed by atoms with van der Waals surface area (Å²) >= 11 is 0. The van der Waals surface area contributed by atoms with E-state index < -0.39 is 0 Å². The van der Waals surface area contributed by atoms with Crippen molar-refractivity contribution in [2.24, 2.45) is 7.05 Å². The summed E-state index contributed by atoms with van der Waals surface area (Å²) in [5, 5.41) is 0. The van der Waals surface area contributed by atoms with Gasteiger partial charge in [-0.2, -0.15) is 0 Å². The summed E-state index contributed by atoms with van der Waals surface area (Å²) in [6.07, 6.45) is 6.65. The van der Waals surface area contributed by atoms with E-state index in [0.717, 1.165) is 44.1 Å². The molecule has 33 heavy (non-hydrogen) atoms. The van der Waals surface area contributed by atoms with Crippen LogP contribution in [0, 0.1) is 6.92 Å². The summed E-state index contributed by atoms with van der Waals surface area (Å²) in [5.41, 5.74) is 8.25. The van der Waals surface area contributed by atoms with E-state index in [4.69, 9.17) is 9.72 Å². The maximum Gasteiger partial charge on any atom is 0.180 e. The van der Waals surface area contributed by atoms with Crippen molar-refractivity contribution in [2.45, 2.75) is 25.3 Å². The molecule has 1 saturated heterocycles. The zero-order valence-electron chi connectivity index (χ0n) is 19.0. The molecule has 0 unspecified atom stereocenters. The molecule has 0 bridgehead atoms. The minimum atomic E-state index is -0.0362. The number of benzene rings is 2. The van der Waals surface area contributed by atoms with Crippen molar-refractivity contribution in [1.29, 1.82) is 0 Å². The first-order valence-electron chi connectivity index (χ1n) is 11.4. The monoisotopic (exact) mass is 437 g/mol. The van der Waals surface area contributed by atoms with Gasteiger partial charge in [-0.05, 0) is 42.2 Å². The minimum absolute atomic E-state index is 0.0362. The van der Waals surface area contributed by atoms with Gasteiger partial charge in [0.15, 0.2) is 5.82 Å². The van der Waals surface area contributed by atoms with Gasteiger partial charge in [0.25, 0.3) is 0 Å². The molecule has 6 nitrogen and oxygen atoms in total. The third-order valence-corrected chi connectivity index (χ3v) is 6.97. The number of imidazole rings is 1. The average molecular weight is 438 g/mol. The normalized spacial score (nSPS) is 16.8. The molecule has 0 saturated carbocycles. The van der Waals surface area contributed by atoms with Crippen molar-refractivity contribution >= 4 is 5.69 Å². The van der Waals surface area contributed by atoms with Crippen LogP contribution < -0.4 is 4.90 Å². The standard InChI is InChI=1S/C27H27N5O/c1-19-3-5-21(6-4-19)27(16-33-17-27)22-7-9-23(10-8-22)32-12-11-20-13-28-26(30-24(20)15-32)25-14-31(2)18-29-25/h3-10,13-14,18H,11-12,15-17H2,1-2H3. The van der Waals surface area contributed by atoms with E-state index in [1.807, 2.05) is 24.0 Å². The predicted octanol–water partition coefficient (Wildman–Crippen LogP) is 4.06. The topological polar surface area (TPSA) is 56.1 Å². The molecule has 4 aromatic rings. The quantitative estimate of drug-likeness (QED) is 0.482. The molecule has 6 heteroatoms. The van der Waals surface area contributed by atoms with Crippen LogP contribution in [0.15, 0.2) is 67.3 Å². The van der Waals surface area contributed by atoms with Gasteiger partial charge in [0.1, 0.15) is 5.69 Å². The molecule has 0 spiro atoms. The van der Waals surface area contributed by atoms with E-state index in [2.05, 4.69) is 70.3 Å². The highest BCUT2D eigenvalue weighted by atomic mass is 16.5. The summed E-state index contributed by atoms with van der Waals surface area (Å²) in [6, 6.07) is 17.9. The molecule has 6 rings (SSSR count). The SMILES string of the molecule is Cc1ccc(C2(c3ccc(N4CCc5cnc(-c6cn(C)cn6)nc5C4)cc3)COC2)cc1. The first-order valence-corrected chi connectivity index (χ1v) is 11.4. The molecule has 0 atom stereocenters. The van der Waals surface area contributed by atoms with Gasteiger partial charge in [0, 0.05) is 31.7 Å².